The molecule has 5 heteroatoms. The monoisotopic (exact) mass is 353 g/mol. The topological polar surface area (TPSA) is 64.1 Å². The van der Waals surface area contributed by atoms with E-state index in [0.717, 1.165) is 48.2 Å². The molecule has 2 aromatic rings. The van der Waals surface area contributed by atoms with E-state index in [4.69, 9.17) is 4.74 Å². The zero-order valence-corrected chi connectivity index (χ0v) is 16.0. The summed E-state index contributed by atoms with van der Waals surface area (Å²) in [6.45, 7) is 7.98. The molecule has 1 amide bonds. The van der Waals surface area contributed by atoms with Crippen molar-refractivity contribution in [1.82, 2.24) is 15.3 Å². The molecule has 26 heavy (non-hydrogen) atoms. The molecular weight excluding hydrogens is 326 g/mol. The number of benzene rings is 1. The lowest BCUT2D eigenvalue weighted by Crippen LogP contribution is -2.39. The van der Waals surface area contributed by atoms with Crippen molar-refractivity contribution in [1.29, 1.82) is 0 Å². The highest BCUT2D eigenvalue weighted by atomic mass is 16.5. The molecule has 1 aliphatic rings. The number of carbonyl (C=O) groups excluding carboxylic acids is 1. The average Bonchev–Trinajstić information content (AvgIpc) is 2.58. The van der Waals surface area contributed by atoms with Gasteiger partial charge in [0, 0.05) is 23.0 Å². The van der Waals surface area contributed by atoms with Gasteiger partial charge in [-0.05, 0) is 82.7 Å². The van der Waals surface area contributed by atoms with Crippen LogP contribution in [0.1, 0.15) is 58.6 Å². The summed E-state index contributed by atoms with van der Waals surface area (Å²) in [5.41, 5.74) is 4.91. The predicted molar refractivity (Wildman–Crippen MR) is 102 cm³/mol. The molecule has 1 saturated carbocycles. The summed E-state index contributed by atoms with van der Waals surface area (Å²) in [6.07, 6.45) is 3.73. The molecule has 1 aliphatic carbocycles. The maximum atomic E-state index is 12.5. The van der Waals surface area contributed by atoms with E-state index in [1.54, 1.807) is 0 Å². The Morgan fingerprint density at radius 3 is 2.23 bits per heavy atom. The highest BCUT2D eigenvalue weighted by Gasteiger charge is 2.24. The van der Waals surface area contributed by atoms with E-state index in [1.807, 2.05) is 45.0 Å². The average molecular weight is 353 g/mol. The van der Waals surface area contributed by atoms with Gasteiger partial charge >= 0.3 is 6.01 Å². The van der Waals surface area contributed by atoms with Gasteiger partial charge in [0.2, 0.25) is 0 Å². The highest BCUT2D eigenvalue weighted by Crippen LogP contribution is 2.23. The number of nitrogens with zero attached hydrogens (tertiary/aromatic N) is 2. The Labute approximate surface area is 155 Å². The van der Waals surface area contributed by atoms with Crippen LogP contribution in [0.5, 0.6) is 6.01 Å². The third-order valence-electron chi connectivity index (χ3n) is 5.01. The van der Waals surface area contributed by atoms with Gasteiger partial charge in [-0.3, -0.25) is 4.79 Å². The Hall–Kier alpha value is -2.43. The van der Waals surface area contributed by atoms with Gasteiger partial charge in [0.05, 0.1) is 0 Å². The number of hydrogen-bond donors (Lipinski definition) is 1. The van der Waals surface area contributed by atoms with Gasteiger partial charge in [-0.1, -0.05) is 6.07 Å². The quantitative estimate of drug-likeness (QED) is 0.907. The molecule has 0 spiro atoms. The van der Waals surface area contributed by atoms with Gasteiger partial charge in [0.25, 0.3) is 5.91 Å². The first kappa shape index (κ1) is 18.4. The smallest absolute Gasteiger partial charge is 0.317 e. The van der Waals surface area contributed by atoms with Gasteiger partial charge in [-0.2, -0.15) is 0 Å². The molecule has 0 saturated heterocycles. The molecule has 1 fully saturated rings. The lowest BCUT2D eigenvalue weighted by Gasteiger charge is -2.29. The molecular formula is C21H27N3O2. The third kappa shape index (κ3) is 4.59. The zero-order chi connectivity index (χ0) is 18.7. The number of carbonyl (C=O) groups is 1. The minimum atomic E-state index is 0.00936. The first-order chi connectivity index (χ1) is 12.4. The number of amides is 1. The molecule has 0 aliphatic heterocycles. The lowest BCUT2D eigenvalue weighted by atomic mass is 9.92. The fraction of sp³-hybridized carbons (Fsp3) is 0.476. The van der Waals surface area contributed by atoms with E-state index in [-0.39, 0.29) is 18.1 Å². The first-order valence-electron chi connectivity index (χ1n) is 9.28. The van der Waals surface area contributed by atoms with Crippen molar-refractivity contribution in [2.24, 2.45) is 0 Å². The van der Waals surface area contributed by atoms with Crippen molar-refractivity contribution in [2.75, 3.05) is 0 Å². The second-order valence-corrected chi connectivity index (χ2v) is 7.30. The predicted octanol–water partition coefficient (Wildman–Crippen LogP) is 3.83. The summed E-state index contributed by atoms with van der Waals surface area (Å²) in [6, 6.07) is 8.44. The molecule has 0 radical (unpaired) electrons. The van der Waals surface area contributed by atoms with Crippen LogP contribution in [0.3, 0.4) is 0 Å². The summed E-state index contributed by atoms with van der Waals surface area (Å²) in [4.78, 5) is 21.2. The van der Waals surface area contributed by atoms with E-state index < -0.39 is 0 Å². The molecule has 5 nitrogen and oxygen atoms in total. The summed E-state index contributed by atoms with van der Waals surface area (Å²) >= 11 is 0. The van der Waals surface area contributed by atoms with Gasteiger partial charge < -0.3 is 10.1 Å². The van der Waals surface area contributed by atoms with Crippen molar-refractivity contribution < 1.29 is 9.53 Å². The van der Waals surface area contributed by atoms with Crippen LogP contribution in [0.25, 0.3) is 0 Å². The lowest BCUT2D eigenvalue weighted by molar-refractivity contribution is 0.0884. The number of hydrogen-bond acceptors (Lipinski definition) is 4. The Morgan fingerprint density at radius 1 is 0.962 bits per heavy atom. The Morgan fingerprint density at radius 2 is 1.62 bits per heavy atom. The van der Waals surface area contributed by atoms with E-state index in [2.05, 4.69) is 22.2 Å². The molecule has 0 atom stereocenters. The van der Waals surface area contributed by atoms with Gasteiger partial charge in [-0.25, -0.2) is 9.97 Å². The molecule has 1 heterocycles. The molecule has 138 valence electrons. The number of aromatic nitrogens is 2. The van der Waals surface area contributed by atoms with Gasteiger partial charge in [0.1, 0.15) is 6.10 Å². The fourth-order valence-electron chi connectivity index (χ4n) is 3.37. The Kier molecular flexibility index (Phi) is 5.55. The highest BCUT2D eigenvalue weighted by molar-refractivity contribution is 5.94. The fourth-order valence-corrected chi connectivity index (χ4v) is 3.37. The number of aryl methyl sites for hydroxylation is 4. The summed E-state index contributed by atoms with van der Waals surface area (Å²) in [5.74, 6) is 0.00936. The SMILES string of the molecule is Cc1cc(C)nc(OC2CCC(NC(=O)c3ccc(C)c(C)c3)CC2)n1. The maximum Gasteiger partial charge on any atom is 0.317 e. The van der Waals surface area contributed by atoms with Crippen LogP contribution in [0.4, 0.5) is 0 Å². The Bertz CT molecular complexity index is 776. The van der Waals surface area contributed by atoms with Crippen molar-refractivity contribution in [3.63, 3.8) is 0 Å². The van der Waals surface area contributed by atoms with Crippen molar-refractivity contribution in [3.8, 4) is 6.01 Å². The molecule has 1 aromatic carbocycles. The van der Waals surface area contributed by atoms with Crippen LogP contribution < -0.4 is 10.1 Å². The standard InChI is InChI=1S/C21H27N3O2/c1-13-5-6-17(11-14(13)2)20(25)24-18-7-9-19(10-8-18)26-21-22-15(3)12-16(4)23-21/h5-6,11-12,18-19H,7-10H2,1-4H3,(H,24,25). The minimum absolute atomic E-state index is 0.00936. The Balaban J connectivity index is 1.51. The van der Waals surface area contributed by atoms with E-state index in [9.17, 15) is 4.79 Å². The van der Waals surface area contributed by atoms with E-state index in [0.29, 0.717) is 6.01 Å². The van der Waals surface area contributed by atoms with Crippen LogP contribution in [0.15, 0.2) is 24.3 Å². The summed E-state index contributed by atoms with van der Waals surface area (Å²) < 4.78 is 5.95. The molecule has 3 rings (SSSR count). The number of rotatable bonds is 4. The van der Waals surface area contributed by atoms with Crippen molar-refractivity contribution in [3.05, 3.63) is 52.3 Å². The second-order valence-electron chi connectivity index (χ2n) is 7.30. The van der Waals surface area contributed by atoms with Crippen molar-refractivity contribution >= 4 is 5.91 Å². The largest absolute Gasteiger partial charge is 0.460 e. The van der Waals surface area contributed by atoms with Gasteiger partial charge in [0.15, 0.2) is 0 Å². The van der Waals surface area contributed by atoms with E-state index in [1.165, 1.54) is 5.56 Å². The van der Waals surface area contributed by atoms with Crippen molar-refractivity contribution in [2.45, 2.75) is 65.5 Å². The van der Waals surface area contributed by atoms with Crippen LogP contribution in [0.2, 0.25) is 0 Å². The van der Waals surface area contributed by atoms with Crippen LogP contribution in [0, 0.1) is 27.7 Å². The van der Waals surface area contributed by atoms with Crippen LogP contribution in [-0.4, -0.2) is 28.0 Å². The molecule has 1 aromatic heterocycles. The van der Waals surface area contributed by atoms with Gasteiger partial charge in [-0.15, -0.1) is 0 Å². The van der Waals surface area contributed by atoms with Crippen LogP contribution >= 0.6 is 0 Å². The minimum Gasteiger partial charge on any atom is -0.460 e. The molecule has 1 N–H and O–H groups in total. The van der Waals surface area contributed by atoms with E-state index >= 15 is 0 Å². The molecule has 0 bridgehead atoms. The first-order valence-corrected chi connectivity index (χ1v) is 9.28. The summed E-state index contributed by atoms with van der Waals surface area (Å²) in [7, 11) is 0. The normalized spacial score (nSPS) is 19.8. The number of ether oxygens (including phenoxy) is 1. The molecule has 0 unspecified atom stereocenters. The van der Waals surface area contributed by atoms with Crippen LogP contribution in [-0.2, 0) is 0 Å². The zero-order valence-electron chi connectivity index (χ0n) is 16.0. The maximum absolute atomic E-state index is 12.5. The third-order valence-corrected chi connectivity index (χ3v) is 5.01. The number of nitrogens with one attached hydrogen (secondary N) is 1. The second kappa shape index (κ2) is 7.85. The summed E-state index contributed by atoms with van der Waals surface area (Å²) in [5, 5.41) is 3.16.